The third-order valence-electron chi connectivity index (χ3n) is 4.75. The molecule has 0 saturated carbocycles. The van der Waals surface area contributed by atoms with Gasteiger partial charge < -0.3 is 9.47 Å². The molecule has 0 heterocycles. The van der Waals surface area contributed by atoms with E-state index in [1.807, 2.05) is 0 Å². The third-order valence-corrected chi connectivity index (χ3v) is 6.98. The highest BCUT2D eigenvalue weighted by Gasteiger charge is 2.28. The summed E-state index contributed by atoms with van der Waals surface area (Å²) in [6, 6.07) is 30.6. The van der Waals surface area contributed by atoms with Gasteiger partial charge in [0.15, 0.2) is 14.7 Å². The molecule has 0 aliphatic carbocycles. The lowest BCUT2D eigenvalue weighted by molar-refractivity contribution is 0.110. The zero-order valence-electron chi connectivity index (χ0n) is 17.3. The van der Waals surface area contributed by atoms with Crippen LogP contribution < -0.4 is 0 Å². The van der Waals surface area contributed by atoms with E-state index in [0.717, 1.165) is 32.8 Å². The first kappa shape index (κ1) is 21.6. The smallest absolute Gasteiger partial charge is 0.166 e. The molecule has 0 fully saturated rings. The van der Waals surface area contributed by atoms with Gasteiger partial charge in [-0.25, -0.2) is 0 Å². The Morgan fingerprint density at radius 2 is 1.07 bits per heavy atom. The van der Waals surface area contributed by atoms with Crippen molar-refractivity contribution < 1.29 is 9.47 Å². The van der Waals surface area contributed by atoms with Gasteiger partial charge in [0.05, 0.1) is 24.1 Å². The Balaban J connectivity index is 1.80. The van der Waals surface area contributed by atoms with Crippen LogP contribution in [-0.2, 0) is 26.9 Å². The molecule has 0 aliphatic heterocycles. The van der Waals surface area contributed by atoms with E-state index < -0.39 is 0 Å². The molecule has 152 valence electrons. The molecule has 3 aromatic carbocycles. The van der Waals surface area contributed by atoms with Crippen LogP contribution in [0.15, 0.2) is 99.6 Å². The first-order chi connectivity index (χ1) is 14.3. The van der Waals surface area contributed by atoms with Crippen molar-refractivity contribution in [2.75, 3.05) is 40.5 Å². The molecule has 0 bridgehead atoms. The molecule has 0 aromatic heterocycles. The average Bonchev–Trinajstić information content (AvgIpc) is 2.78. The van der Waals surface area contributed by atoms with E-state index >= 15 is 0 Å². The normalized spacial score (nSPS) is 11.3. The van der Waals surface area contributed by atoms with Crippen molar-refractivity contribution >= 4 is 10.9 Å². The van der Waals surface area contributed by atoms with Crippen molar-refractivity contribution in [1.82, 2.24) is 4.90 Å². The zero-order valence-corrected chi connectivity index (χ0v) is 18.1. The first-order valence-electron chi connectivity index (χ1n) is 9.95. The molecule has 3 aromatic rings. The van der Waals surface area contributed by atoms with Crippen LogP contribution in [0.5, 0.6) is 0 Å². The summed E-state index contributed by atoms with van der Waals surface area (Å²) in [4.78, 5) is 6.39. The number of methoxy groups -OCH3 is 2. The second kappa shape index (κ2) is 11.8. The lowest BCUT2D eigenvalue weighted by Gasteiger charge is -2.21. The Bertz CT molecular complexity index is 777. The molecule has 0 atom stereocenters. The summed E-state index contributed by atoms with van der Waals surface area (Å²) in [7, 11) is 3.40. The van der Waals surface area contributed by atoms with Crippen molar-refractivity contribution in [1.29, 1.82) is 0 Å². The van der Waals surface area contributed by atoms with Crippen LogP contribution in [0.3, 0.4) is 0 Å². The summed E-state index contributed by atoms with van der Waals surface area (Å²) in [5.41, 5.74) is 1.31. The van der Waals surface area contributed by atoms with Gasteiger partial charge >= 0.3 is 0 Å². The fourth-order valence-corrected chi connectivity index (χ4v) is 5.30. The molecule has 0 saturated heterocycles. The molecule has 3 rings (SSSR count). The van der Waals surface area contributed by atoms with Gasteiger partial charge in [-0.2, -0.15) is 0 Å². The summed E-state index contributed by atoms with van der Waals surface area (Å²) in [6.45, 7) is 4.16. The molecular weight excluding hydrogens is 378 g/mol. The van der Waals surface area contributed by atoms with Crippen LogP contribution >= 0.6 is 0 Å². The molecule has 0 unspecified atom stereocenters. The highest BCUT2D eigenvalue weighted by molar-refractivity contribution is 7.97. The lowest BCUT2D eigenvalue weighted by Crippen LogP contribution is -2.30. The Morgan fingerprint density at radius 3 is 1.52 bits per heavy atom. The van der Waals surface area contributed by atoms with Crippen molar-refractivity contribution in [2.45, 2.75) is 21.2 Å². The standard InChI is InChI=1S/C25H30NO2S/c1-27-19-17-26(18-20-28-2)21-22-13-15-25(16-14-22)29(23-9-5-3-6-10-23)24-11-7-4-8-12-24/h3-16H,17-21H2,1-2H3/q+1. The van der Waals surface area contributed by atoms with Gasteiger partial charge in [-0.1, -0.05) is 48.5 Å². The van der Waals surface area contributed by atoms with Crippen LogP contribution in [0.4, 0.5) is 0 Å². The van der Waals surface area contributed by atoms with E-state index in [4.69, 9.17) is 9.47 Å². The quantitative estimate of drug-likeness (QED) is 0.422. The molecule has 4 heteroatoms. The van der Waals surface area contributed by atoms with Crippen LogP contribution in [-0.4, -0.2) is 45.4 Å². The zero-order chi connectivity index (χ0) is 20.3. The minimum Gasteiger partial charge on any atom is -0.383 e. The summed E-state index contributed by atoms with van der Waals surface area (Å²) < 4.78 is 10.5. The van der Waals surface area contributed by atoms with Crippen LogP contribution in [0.25, 0.3) is 0 Å². The van der Waals surface area contributed by atoms with Gasteiger partial charge in [0.25, 0.3) is 0 Å². The Hall–Kier alpha value is -2.11. The molecule has 0 spiro atoms. The Morgan fingerprint density at radius 1 is 0.621 bits per heavy atom. The van der Waals surface area contributed by atoms with E-state index in [1.165, 1.54) is 20.2 Å². The molecule has 29 heavy (non-hydrogen) atoms. The lowest BCUT2D eigenvalue weighted by atomic mass is 10.2. The highest BCUT2D eigenvalue weighted by Crippen LogP contribution is 2.31. The maximum absolute atomic E-state index is 5.26. The summed E-state index contributed by atoms with van der Waals surface area (Å²) in [5, 5.41) is 0. The highest BCUT2D eigenvalue weighted by atomic mass is 32.2. The topological polar surface area (TPSA) is 21.7 Å². The summed E-state index contributed by atoms with van der Waals surface area (Å²) in [5.74, 6) is 0. The number of hydrogen-bond donors (Lipinski definition) is 0. The number of ether oxygens (including phenoxy) is 2. The van der Waals surface area contributed by atoms with E-state index in [1.54, 1.807) is 14.2 Å². The van der Waals surface area contributed by atoms with Crippen molar-refractivity contribution in [3.63, 3.8) is 0 Å². The van der Waals surface area contributed by atoms with Crippen molar-refractivity contribution in [2.24, 2.45) is 0 Å². The van der Waals surface area contributed by atoms with Crippen LogP contribution in [0.2, 0.25) is 0 Å². The molecule has 0 aliphatic rings. The van der Waals surface area contributed by atoms with Gasteiger partial charge in [0.2, 0.25) is 0 Å². The molecule has 0 radical (unpaired) electrons. The van der Waals surface area contributed by atoms with Gasteiger partial charge in [-0.05, 0) is 42.0 Å². The molecular formula is C25H30NO2S+. The number of nitrogens with zero attached hydrogens (tertiary/aromatic N) is 1. The van der Waals surface area contributed by atoms with Gasteiger partial charge in [-0.15, -0.1) is 0 Å². The predicted octanol–water partition coefficient (Wildman–Crippen LogP) is 4.88. The Labute approximate surface area is 177 Å². The predicted molar refractivity (Wildman–Crippen MR) is 121 cm³/mol. The van der Waals surface area contributed by atoms with E-state index in [0.29, 0.717) is 0 Å². The summed E-state index contributed by atoms with van der Waals surface area (Å²) >= 11 is 0. The second-order valence-electron chi connectivity index (χ2n) is 6.84. The average molecular weight is 409 g/mol. The molecule has 0 N–H and O–H groups in total. The Kier molecular flexibility index (Phi) is 8.78. The molecule has 0 amide bonds. The van der Waals surface area contributed by atoms with Crippen molar-refractivity contribution in [3.8, 4) is 0 Å². The SMILES string of the molecule is COCCN(CCOC)Cc1ccc([S+](c2ccccc2)c2ccccc2)cc1. The number of benzene rings is 3. The van der Waals surface area contributed by atoms with Crippen LogP contribution in [0.1, 0.15) is 5.56 Å². The number of hydrogen-bond acceptors (Lipinski definition) is 3. The minimum absolute atomic E-state index is 0.0988. The monoisotopic (exact) mass is 408 g/mol. The maximum Gasteiger partial charge on any atom is 0.166 e. The first-order valence-corrected chi connectivity index (χ1v) is 11.2. The largest absolute Gasteiger partial charge is 0.383 e. The maximum atomic E-state index is 5.26. The van der Waals surface area contributed by atoms with Crippen molar-refractivity contribution in [3.05, 3.63) is 90.5 Å². The van der Waals surface area contributed by atoms with E-state index in [2.05, 4.69) is 89.8 Å². The van der Waals surface area contributed by atoms with Gasteiger partial charge in [0.1, 0.15) is 0 Å². The third kappa shape index (κ3) is 6.44. The summed E-state index contributed by atoms with van der Waals surface area (Å²) in [6.07, 6.45) is 0. The number of rotatable bonds is 11. The van der Waals surface area contributed by atoms with Crippen LogP contribution in [0, 0.1) is 0 Å². The fourth-order valence-electron chi connectivity index (χ4n) is 3.22. The van der Waals surface area contributed by atoms with E-state index in [-0.39, 0.29) is 10.9 Å². The second-order valence-corrected chi connectivity index (χ2v) is 8.86. The van der Waals surface area contributed by atoms with Gasteiger partial charge in [0, 0.05) is 33.9 Å². The fraction of sp³-hybridized carbons (Fsp3) is 0.280. The minimum atomic E-state index is -0.0988. The van der Waals surface area contributed by atoms with Gasteiger partial charge in [-0.3, -0.25) is 4.90 Å². The molecule has 3 nitrogen and oxygen atoms in total. The van der Waals surface area contributed by atoms with E-state index in [9.17, 15) is 0 Å².